The fourth-order valence-corrected chi connectivity index (χ4v) is 1.78. The van der Waals surface area contributed by atoms with Gasteiger partial charge in [0, 0.05) is 18.4 Å². The second-order valence-corrected chi connectivity index (χ2v) is 3.68. The minimum Gasteiger partial charge on any atom is -0.300 e. The molecule has 1 rings (SSSR count). The first-order chi connectivity index (χ1) is 5.33. The lowest BCUT2D eigenvalue weighted by atomic mass is 10.4. The smallest absolute Gasteiger partial charge is 0.0882 e. The van der Waals surface area contributed by atoms with E-state index in [2.05, 4.69) is 36.6 Å². The predicted molar refractivity (Wildman–Crippen MR) is 50.0 cm³/mol. The van der Waals surface area contributed by atoms with E-state index in [1.807, 2.05) is 6.20 Å². The molecule has 0 N–H and O–H groups in total. The van der Waals surface area contributed by atoms with Gasteiger partial charge in [0.2, 0.25) is 0 Å². The average molecular weight is 236 g/mol. The molecule has 0 unspecified atom stereocenters. The molecular formula is C6H10BrN3S. The Morgan fingerprint density at radius 3 is 3.09 bits per heavy atom. The third-order valence-electron chi connectivity index (χ3n) is 1.31. The van der Waals surface area contributed by atoms with E-state index in [1.165, 1.54) is 11.7 Å². The highest BCUT2D eigenvalue weighted by atomic mass is 79.9. The number of alkyl halides is 1. The predicted octanol–water partition coefficient (Wildman–Crippen LogP) is 1.36. The Balaban J connectivity index is 2.31. The molecule has 11 heavy (non-hydrogen) atoms. The van der Waals surface area contributed by atoms with Crippen LogP contribution in [0.4, 0.5) is 0 Å². The molecule has 0 fully saturated rings. The molecule has 1 heterocycles. The van der Waals surface area contributed by atoms with Crippen LogP contribution in [0.15, 0.2) is 6.20 Å². The zero-order valence-corrected chi connectivity index (χ0v) is 8.73. The lowest BCUT2D eigenvalue weighted by Gasteiger charge is -2.11. The van der Waals surface area contributed by atoms with Gasteiger partial charge in [-0.1, -0.05) is 15.9 Å². The van der Waals surface area contributed by atoms with Gasteiger partial charge in [0.25, 0.3) is 0 Å². The van der Waals surface area contributed by atoms with Crippen LogP contribution >= 0.6 is 27.7 Å². The average Bonchev–Trinajstić information content (AvgIpc) is 2.40. The molecule has 0 aliphatic carbocycles. The minimum atomic E-state index is 0.891. The monoisotopic (exact) mass is 235 g/mol. The highest BCUT2D eigenvalue weighted by Gasteiger charge is 2.00. The minimum absolute atomic E-state index is 0.891. The number of aromatic nitrogens is 2. The van der Waals surface area contributed by atoms with E-state index in [0.717, 1.165) is 24.1 Å². The van der Waals surface area contributed by atoms with E-state index in [4.69, 9.17) is 0 Å². The van der Waals surface area contributed by atoms with Gasteiger partial charge in [-0.2, -0.15) is 8.75 Å². The number of hydrogen-bond acceptors (Lipinski definition) is 4. The molecule has 62 valence electrons. The van der Waals surface area contributed by atoms with Gasteiger partial charge in [-0.25, -0.2) is 0 Å². The van der Waals surface area contributed by atoms with Crippen molar-refractivity contribution in [2.24, 2.45) is 0 Å². The van der Waals surface area contributed by atoms with Crippen molar-refractivity contribution < 1.29 is 0 Å². The standard InChI is InChI=1S/C6H10BrN3S/c1-10(3-2-7)5-6-4-8-11-9-6/h4H,2-3,5H2,1H3. The lowest BCUT2D eigenvalue weighted by molar-refractivity contribution is 0.346. The van der Waals surface area contributed by atoms with E-state index in [0.29, 0.717) is 0 Å². The molecule has 0 bridgehead atoms. The summed E-state index contributed by atoms with van der Waals surface area (Å²) < 4.78 is 8.04. The summed E-state index contributed by atoms with van der Waals surface area (Å²) in [5.74, 6) is 0. The SMILES string of the molecule is CN(CCBr)Cc1cnsn1. The first-order valence-electron chi connectivity index (χ1n) is 3.34. The Bertz CT molecular complexity index is 190. The van der Waals surface area contributed by atoms with Gasteiger partial charge in [-0.3, -0.25) is 4.90 Å². The van der Waals surface area contributed by atoms with Gasteiger partial charge in [0.05, 0.1) is 23.6 Å². The van der Waals surface area contributed by atoms with Crippen LogP contribution < -0.4 is 0 Å². The van der Waals surface area contributed by atoms with E-state index >= 15 is 0 Å². The molecule has 0 aliphatic rings. The molecule has 0 spiro atoms. The first-order valence-corrected chi connectivity index (χ1v) is 5.19. The van der Waals surface area contributed by atoms with E-state index in [9.17, 15) is 0 Å². The maximum absolute atomic E-state index is 4.11. The molecule has 1 aromatic rings. The van der Waals surface area contributed by atoms with Crippen molar-refractivity contribution in [2.45, 2.75) is 6.54 Å². The maximum Gasteiger partial charge on any atom is 0.0882 e. The summed E-state index contributed by atoms with van der Waals surface area (Å²) in [6, 6.07) is 0. The van der Waals surface area contributed by atoms with E-state index in [-0.39, 0.29) is 0 Å². The Hall–Kier alpha value is -0.0000000000000000278. The van der Waals surface area contributed by atoms with E-state index < -0.39 is 0 Å². The third-order valence-corrected chi connectivity index (χ3v) is 2.18. The van der Waals surface area contributed by atoms with Crippen molar-refractivity contribution >= 4 is 27.7 Å². The number of halogens is 1. The summed E-state index contributed by atoms with van der Waals surface area (Å²) in [5, 5.41) is 1.00. The second kappa shape index (κ2) is 4.79. The normalized spacial score (nSPS) is 10.8. The van der Waals surface area contributed by atoms with Crippen LogP contribution in [0.5, 0.6) is 0 Å². The number of nitrogens with zero attached hydrogens (tertiary/aromatic N) is 3. The zero-order valence-electron chi connectivity index (χ0n) is 6.33. The van der Waals surface area contributed by atoms with Gasteiger partial charge in [-0.05, 0) is 7.05 Å². The molecule has 0 saturated heterocycles. The first kappa shape index (κ1) is 9.09. The van der Waals surface area contributed by atoms with Crippen molar-refractivity contribution in [2.75, 3.05) is 18.9 Å². The lowest BCUT2D eigenvalue weighted by Crippen LogP contribution is -2.19. The van der Waals surface area contributed by atoms with Gasteiger partial charge in [0.15, 0.2) is 0 Å². The molecule has 5 heteroatoms. The van der Waals surface area contributed by atoms with Crippen LogP contribution in [0.1, 0.15) is 5.69 Å². The molecule has 3 nitrogen and oxygen atoms in total. The largest absolute Gasteiger partial charge is 0.300 e. The Morgan fingerprint density at radius 1 is 1.73 bits per heavy atom. The van der Waals surface area contributed by atoms with Crippen LogP contribution in [0.25, 0.3) is 0 Å². The van der Waals surface area contributed by atoms with Crippen LogP contribution in [0, 0.1) is 0 Å². The summed E-state index contributed by atoms with van der Waals surface area (Å²) in [4.78, 5) is 2.20. The summed E-state index contributed by atoms with van der Waals surface area (Å²) in [5.41, 5.74) is 1.05. The summed E-state index contributed by atoms with van der Waals surface area (Å²) in [6.07, 6.45) is 1.81. The van der Waals surface area contributed by atoms with Crippen LogP contribution in [0.2, 0.25) is 0 Å². The summed E-state index contributed by atoms with van der Waals surface area (Å²) in [6.45, 7) is 1.93. The van der Waals surface area contributed by atoms with Crippen LogP contribution in [0.3, 0.4) is 0 Å². The van der Waals surface area contributed by atoms with Crippen LogP contribution in [-0.4, -0.2) is 32.6 Å². The van der Waals surface area contributed by atoms with Crippen molar-refractivity contribution in [1.29, 1.82) is 0 Å². The molecule has 1 aromatic heterocycles. The highest BCUT2D eigenvalue weighted by molar-refractivity contribution is 9.09. The maximum atomic E-state index is 4.11. The quantitative estimate of drug-likeness (QED) is 0.739. The molecule has 0 saturated carbocycles. The zero-order chi connectivity index (χ0) is 8.10. The molecule has 0 atom stereocenters. The van der Waals surface area contributed by atoms with Gasteiger partial charge in [-0.15, -0.1) is 0 Å². The van der Waals surface area contributed by atoms with Gasteiger partial charge in [0.1, 0.15) is 0 Å². The summed E-state index contributed by atoms with van der Waals surface area (Å²) in [7, 11) is 2.07. The fraction of sp³-hybridized carbons (Fsp3) is 0.667. The Morgan fingerprint density at radius 2 is 2.55 bits per heavy atom. The van der Waals surface area contributed by atoms with Crippen molar-refractivity contribution in [3.05, 3.63) is 11.9 Å². The molecular weight excluding hydrogens is 226 g/mol. The van der Waals surface area contributed by atoms with Gasteiger partial charge >= 0.3 is 0 Å². The molecule has 0 amide bonds. The van der Waals surface area contributed by atoms with Gasteiger partial charge < -0.3 is 0 Å². The highest BCUT2D eigenvalue weighted by Crippen LogP contribution is 1.99. The van der Waals surface area contributed by atoms with Crippen LogP contribution in [-0.2, 0) is 6.54 Å². The Kier molecular flexibility index (Phi) is 3.96. The van der Waals surface area contributed by atoms with E-state index in [1.54, 1.807) is 0 Å². The van der Waals surface area contributed by atoms with Crippen molar-refractivity contribution in [3.8, 4) is 0 Å². The topological polar surface area (TPSA) is 29.0 Å². The Labute approximate surface area is 78.9 Å². The fourth-order valence-electron chi connectivity index (χ4n) is 0.754. The number of rotatable bonds is 4. The molecule has 0 radical (unpaired) electrons. The third kappa shape index (κ3) is 3.27. The summed E-state index contributed by atoms with van der Waals surface area (Å²) >= 11 is 4.64. The second-order valence-electron chi connectivity index (χ2n) is 2.33. The molecule has 0 aromatic carbocycles. The molecule has 0 aliphatic heterocycles. The van der Waals surface area contributed by atoms with Crippen molar-refractivity contribution in [3.63, 3.8) is 0 Å². The number of hydrogen-bond donors (Lipinski definition) is 0. The van der Waals surface area contributed by atoms with Crippen molar-refractivity contribution in [1.82, 2.24) is 13.6 Å².